The molecule has 5 rings (SSSR count). The third kappa shape index (κ3) is 4.42. The lowest BCUT2D eigenvalue weighted by Gasteiger charge is -2.12. The summed E-state index contributed by atoms with van der Waals surface area (Å²) in [5.41, 5.74) is 2.47. The fourth-order valence-electron chi connectivity index (χ4n) is 3.78. The van der Waals surface area contributed by atoms with Gasteiger partial charge in [-0.3, -0.25) is 14.2 Å². The van der Waals surface area contributed by atoms with E-state index in [0.29, 0.717) is 33.4 Å². The normalized spacial score (nSPS) is 11.1. The zero-order valence-corrected chi connectivity index (χ0v) is 20.0. The van der Waals surface area contributed by atoms with Crippen molar-refractivity contribution < 1.29 is 9.21 Å². The standard InChI is InChI=1S/C26H21N3O3S2/c1-17-22(18-9-4-2-5-10-18)23-24(34-17)28-26(29(25(23)31)19-11-6-3-7-12-19)33-16-21(30)27-15-20-13-8-14-32-20/h2-14H,15-16H2,1H3,(H,27,30). The van der Waals surface area contributed by atoms with Crippen LogP contribution in [0, 0.1) is 6.92 Å². The Kier molecular flexibility index (Phi) is 6.33. The van der Waals surface area contributed by atoms with Gasteiger partial charge in [0.1, 0.15) is 10.6 Å². The van der Waals surface area contributed by atoms with Crippen molar-refractivity contribution >= 4 is 39.2 Å². The van der Waals surface area contributed by atoms with E-state index in [1.165, 1.54) is 23.1 Å². The predicted molar refractivity (Wildman–Crippen MR) is 137 cm³/mol. The molecule has 3 aromatic heterocycles. The van der Waals surface area contributed by atoms with Gasteiger partial charge in [0.2, 0.25) is 5.91 Å². The first kappa shape index (κ1) is 22.2. The van der Waals surface area contributed by atoms with E-state index in [0.717, 1.165) is 16.0 Å². The number of carbonyl (C=O) groups is 1. The summed E-state index contributed by atoms with van der Waals surface area (Å²) in [7, 11) is 0. The van der Waals surface area contributed by atoms with Crippen molar-refractivity contribution in [2.24, 2.45) is 0 Å². The van der Waals surface area contributed by atoms with E-state index >= 15 is 0 Å². The lowest BCUT2D eigenvalue weighted by Crippen LogP contribution is -2.26. The summed E-state index contributed by atoms with van der Waals surface area (Å²) in [5.74, 6) is 0.644. The Hall–Kier alpha value is -3.62. The summed E-state index contributed by atoms with van der Waals surface area (Å²) < 4.78 is 6.86. The number of rotatable bonds is 7. The largest absolute Gasteiger partial charge is 0.467 e. The molecule has 0 radical (unpaired) electrons. The summed E-state index contributed by atoms with van der Waals surface area (Å²) >= 11 is 2.74. The highest BCUT2D eigenvalue weighted by atomic mass is 32.2. The second-order valence-corrected chi connectivity index (χ2v) is 9.74. The van der Waals surface area contributed by atoms with Crippen molar-refractivity contribution in [3.63, 3.8) is 0 Å². The number of benzene rings is 2. The van der Waals surface area contributed by atoms with Crippen LogP contribution in [-0.4, -0.2) is 21.2 Å². The smallest absolute Gasteiger partial charge is 0.268 e. The Morgan fingerprint density at radius 1 is 1.06 bits per heavy atom. The highest BCUT2D eigenvalue weighted by molar-refractivity contribution is 7.99. The highest BCUT2D eigenvalue weighted by Gasteiger charge is 2.21. The molecule has 170 valence electrons. The number of aryl methyl sites for hydroxylation is 1. The Morgan fingerprint density at radius 2 is 1.79 bits per heavy atom. The van der Waals surface area contributed by atoms with E-state index in [9.17, 15) is 9.59 Å². The van der Waals surface area contributed by atoms with Crippen LogP contribution in [0.5, 0.6) is 0 Å². The molecule has 8 heteroatoms. The fourth-order valence-corrected chi connectivity index (χ4v) is 5.71. The molecule has 0 saturated heterocycles. The van der Waals surface area contributed by atoms with E-state index in [2.05, 4.69) is 5.32 Å². The number of hydrogen-bond acceptors (Lipinski definition) is 6. The van der Waals surface area contributed by atoms with Crippen LogP contribution < -0.4 is 10.9 Å². The number of fused-ring (bicyclic) bond motifs is 1. The summed E-state index contributed by atoms with van der Waals surface area (Å²) in [4.78, 5) is 32.9. The van der Waals surface area contributed by atoms with Gasteiger partial charge in [-0.1, -0.05) is 60.3 Å². The van der Waals surface area contributed by atoms with Crippen LogP contribution >= 0.6 is 23.1 Å². The first-order chi connectivity index (χ1) is 16.6. The van der Waals surface area contributed by atoms with Crippen LogP contribution in [0.4, 0.5) is 0 Å². The maximum Gasteiger partial charge on any atom is 0.268 e. The van der Waals surface area contributed by atoms with E-state index < -0.39 is 0 Å². The maximum absolute atomic E-state index is 13.9. The summed E-state index contributed by atoms with van der Waals surface area (Å²) in [6.07, 6.45) is 1.57. The molecule has 0 unspecified atom stereocenters. The van der Waals surface area contributed by atoms with Crippen LogP contribution in [0.25, 0.3) is 27.0 Å². The minimum absolute atomic E-state index is 0.126. The number of aromatic nitrogens is 2. The van der Waals surface area contributed by atoms with Crippen molar-refractivity contribution in [1.29, 1.82) is 0 Å². The Balaban J connectivity index is 1.55. The van der Waals surface area contributed by atoms with E-state index in [4.69, 9.17) is 9.40 Å². The zero-order valence-electron chi connectivity index (χ0n) is 18.4. The number of para-hydroxylation sites is 1. The lowest BCUT2D eigenvalue weighted by molar-refractivity contribution is -0.118. The molecule has 0 aliphatic rings. The SMILES string of the molecule is Cc1sc2nc(SCC(=O)NCc3ccco3)n(-c3ccccc3)c(=O)c2c1-c1ccccc1. The minimum atomic E-state index is -0.164. The first-order valence-corrected chi connectivity index (χ1v) is 12.5. The van der Waals surface area contributed by atoms with Crippen LogP contribution in [0.15, 0.2) is 93.4 Å². The molecule has 0 aliphatic heterocycles. The van der Waals surface area contributed by atoms with E-state index in [1.54, 1.807) is 23.0 Å². The van der Waals surface area contributed by atoms with Gasteiger partial charge in [-0.2, -0.15) is 0 Å². The van der Waals surface area contributed by atoms with Gasteiger partial charge in [-0.05, 0) is 36.8 Å². The summed E-state index contributed by atoms with van der Waals surface area (Å²) in [6.45, 7) is 2.32. The Labute approximate surface area is 204 Å². The predicted octanol–water partition coefficient (Wildman–Crippen LogP) is 5.42. The van der Waals surface area contributed by atoms with Gasteiger partial charge in [0.25, 0.3) is 5.56 Å². The molecule has 6 nitrogen and oxygen atoms in total. The summed E-state index contributed by atoms with van der Waals surface area (Å²) in [6, 6.07) is 22.9. The van der Waals surface area contributed by atoms with Crippen molar-refractivity contribution in [1.82, 2.24) is 14.9 Å². The molecule has 0 bridgehead atoms. The molecule has 0 saturated carbocycles. The van der Waals surface area contributed by atoms with Crippen molar-refractivity contribution in [2.45, 2.75) is 18.6 Å². The van der Waals surface area contributed by atoms with Crippen molar-refractivity contribution in [2.75, 3.05) is 5.75 Å². The molecular weight excluding hydrogens is 466 g/mol. The topological polar surface area (TPSA) is 77.1 Å². The number of nitrogens with one attached hydrogen (secondary N) is 1. The van der Waals surface area contributed by atoms with E-state index in [-0.39, 0.29) is 17.2 Å². The summed E-state index contributed by atoms with van der Waals surface area (Å²) in [5, 5.41) is 3.92. The fraction of sp³-hybridized carbons (Fsp3) is 0.115. The first-order valence-electron chi connectivity index (χ1n) is 10.7. The highest BCUT2D eigenvalue weighted by Crippen LogP contribution is 2.36. The number of thioether (sulfide) groups is 1. The quantitative estimate of drug-likeness (QED) is 0.245. The van der Waals surface area contributed by atoms with Gasteiger partial charge in [0, 0.05) is 10.4 Å². The van der Waals surface area contributed by atoms with Gasteiger partial charge in [-0.15, -0.1) is 11.3 Å². The average Bonchev–Trinajstić information content (AvgIpc) is 3.50. The van der Waals surface area contributed by atoms with Crippen molar-refractivity contribution in [3.05, 3.63) is 100 Å². The van der Waals surface area contributed by atoms with Gasteiger partial charge in [0.05, 0.1) is 29.6 Å². The minimum Gasteiger partial charge on any atom is -0.467 e. The molecule has 5 aromatic rings. The molecule has 0 aliphatic carbocycles. The number of carbonyl (C=O) groups excluding carboxylic acids is 1. The molecular formula is C26H21N3O3S2. The molecule has 1 N–H and O–H groups in total. The van der Waals surface area contributed by atoms with Crippen LogP contribution in [0.3, 0.4) is 0 Å². The molecule has 34 heavy (non-hydrogen) atoms. The second-order valence-electron chi connectivity index (χ2n) is 7.59. The molecule has 0 fully saturated rings. The average molecular weight is 488 g/mol. The zero-order chi connectivity index (χ0) is 23.5. The van der Waals surface area contributed by atoms with Gasteiger partial charge < -0.3 is 9.73 Å². The molecule has 0 atom stereocenters. The maximum atomic E-state index is 13.9. The third-order valence-electron chi connectivity index (χ3n) is 5.32. The van der Waals surface area contributed by atoms with Gasteiger partial charge in [0.15, 0.2) is 5.16 Å². The Bertz CT molecular complexity index is 1490. The Morgan fingerprint density at radius 3 is 2.50 bits per heavy atom. The van der Waals surface area contributed by atoms with E-state index in [1.807, 2.05) is 67.6 Å². The number of thiophene rings is 1. The van der Waals surface area contributed by atoms with Crippen LogP contribution in [0.2, 0.25) is 0 Å². The molecule has 0 spiro atoms. The number of furan rings is 1. The van der Waals surface area contributed by atoms with Gasteiger partial charge >= 0.3 is 0 Å². The van der Waals surface area contributed by atoms with Crippen molar-refractivity contribution in [3.8, 4) is 16.8 Å². The third-order valence-corrected chi connectivity index (χ3v) is 7.26. The second kappa shape index (κ2) is 9.70. The van der Waals surface area contributed by atoms with Gasteiger partial charge in [-0.25, -0.2) is 4.98 Å². The number of nitrogens with zero attached hydrogens (tertiary/aromatic N) is 2. The monoisotopic (exact) mass is 487 g/mol. The molecule has 3 heterocycles. The molecule has 1 amide bonds. The van der Waals surface area contributed by atoms with Crippen LogP contribution in [-0.2, 0) is 11.3 Å². The molecule has 2 aromatic carbocycles. The number of amides is 1. The lowest BCUT2D eigenvalue weighted by atomic mass is 10.0. The number of hydrogen-bond donors (Lipinski definition) is 1. The van der Waals surface area contributed by atoms with Crippen LogP contribution in [0.1, 0.15) is 10.6 Å².